The van der Waals surface area contributed by atoms with E-state index in [-0.39, 0.29) is 11.8 Å². The number of nitrogens with one attached hydrogen (secondary N) is 1. The SMILES string of the molecule is Oc1[nH]c(O)c2ccc(=S)c3c(=S)ccc1c23. The molecular weight excluding hydrogens is 254 g/mol. The minimum absolute atomic E-state index is 0.0874. The number of aromatic amines is 1. The van der Waals surface area contributed by atoms with Gasteiger partial charge >= 0.3 is 0 Å². The minimum atomic E-state index is -0.0874. The van der Waals surface area contributed by atoms with Crippen molar-refractivity contribution in [2.24, 2.45) is 0 Å². The normalized spacial score (nSPS) is 11.3. The van der Waals surface area contributed by atoms with E-state index in [9.17, 15) is 10.2 Å². The van der Waals surface area contributed by atoms with Gasteiger partial charge in [0.15, 0.2) is 11.8 Å². The lowest BCUT2D eigenvalue weighted by Crippen LogP contribution is -1.86. The van der Waals surface area contributed by atoms with Crippen LogP contribution in [-0.2, 0) is 0 Å². The van der Waals surface area contributed by atoms with Crippen LogP contribution in [0.15, 0.2) is 24.3 Å². The third kappa shape index (κ3) is 1.33. The van der Waals surface area contributed by atoms with Crippen LogP contribution in [0.4, 0.5) is 0 Å². The molecule has 5 heteroatoms. The average molecular weight is 261 g/mol. The Labute approximate surface area is 106 Å². The molecule has 0 aliphatic heterocycles. The molecule has 3 nitrogen and oxygen atoms in total. The standard InChI is InChI=1S/C12H7NO2S2/c14-11-5-1-3-7(16)10-8(17)4-2-6(9(5)10)12(15)13-11/h1-4,13-15H. The van der Waals surface area contributed by atoms with E-state index in [1.54, 1.807) is 24.3 Å². The minimum Gasteiger partial charge on any atom is -0.494 e. The summed E-state index contributed by atoms with van der Waals surface area (Å²) in [4.78, 5) is 2.51. The molecule has 0 aliphatic rings. The van der Waals surface area contributed by atoms with E-state index in [1.165, 1.54) is 0 Å². The Bertz CT molecular complexity index is 789. The van der Waals surface area contributed by atoms with Crippen molar-refractivity contribution in [3.05, 3.63) is 33.3 Å². The van der Waals surface area contributed by atoms with E-state index in [4.69, 9.17) is 24.4 Å². The molecule has 0 unspecified atom stereocenters. The number of aromatic hydroxyl groups is 2. The number of aromatic nitrogens is 1. The van der Waals surface area contributed by atoms with Gasteiger partial charge in [0.25, 0.3) is 0 Å². The molecule has 0 bridgehead atoms. The molecule has 0 radical (unpaired) electrons. The number of pyridine rings is 1. The Hall–Kier alpha value is -1.72. The van der Waals surface area contributed by atoms with Crippen molar-refractivity contribution in [2.45, 2.75) is 0 Å². The highest BCUT2D eigenvalue weighted by Crippen LogP contribution is 2.36. The molecule has 3 aromatic rings. The molecule has 0 saturated carbocycles. The van der Waals surface area contributed by atoms with E-state index in [2.05, 4.69) is 4.98 Å². The Morgan fingerprint density at radius 1 is 0.765 bits per heavy atom. The molecule has 0 aliphatic carbocycles. The maximum atomic E-state index is 9.78. The van der Waals surface area contributed by atoms with Gasteiger partial charge in [0.1, 0.15) is 0 Å². The lowest BCUT2D eigenvalue weighted by molar-refractivity contribution is 0.422. The van der Waals surface area contributed by atoms with Crippen molar-refractivity contribution in [3.8, 4) is 11.8 Å². The Morgan fingerprint density at radius 3 is 1.71 bits per heavy atom. The summed E-state index contributed by atoms with van der Waals surface area (Å²) in [7, 11) is 0. The van der Waals surface area contributed by atoms with Gasteiger partial charge in [-0.05, 0) is 24.3 Å². The van der Waals surface area contributed by atoms with Crippen LogP contribution >= 0.6 is 24.4 Å². The molecule has 1 heterocycles. The monoisotopic (exact) mass is 261 g/mol. The van der Waals surface area contributed by atoms with Crippen LogP contribution in [0.1, 0.15) is 0 Å². The fourth-order valence-corrected chi connectivity index (χ4v) is 2.70. The lowest BCUT2D eigenvalue weighted by atomic mass is 10.0. The Morgan fingerprint density at radius 2 is 1.24 bits per heavy atom. The zero-order valence-corrected chi connectivity index (χ0v) is 10.2. The van der Waals surface area contributed by atoms with Crippen molar-refractivity contribution in [2.75, 3.05) is 0 Å². The Kier molecular flexibility index (Phi) is 2.08. The first-order valence-electron chi connectivity index (χ1n) is 4.93. The number of hydrogen-bond acceptors (Lipinski definition) is 4. The van der Waals surface area contributed by atoms with E-state index in [0.29, 0.717) is 25.2 Å². The van der Waals surface area contributed by atoms with Crippen molar-refractivity contribution < 1.29 is 10.2 Å². The molecule has 0 spiro atoms. The molecule has 3 N–H and O–H groups in total. The van der Waals surface area contributed by atoms with E-state index in [0.717, 1.165) is 5.39 Å². The summed E-state index contributed by atoms with van der Waals surface area (Å²) in [6.45, 7) is 0. The first kappa shape index (κ1) is 10.4. The van der Waals surface area contributed by atoms with Crippen LogP contribution in [0, 0.1) is 9.02 Å². The third-order valence-electron chi connectivity index (χ3n) is 2.83. The summed E-state index contributed by atoms with van der Waals surface area (Å²) in [6, 6.07) is 6.90. The average Bonchev–Trinajstić information content (AvgIpc) is 2.28. The number of H-pyrrole nitrogens is 1. The van der Waals surface area contributed by atoms with Crippen molar-refractivity contribution >= 4 is 46.0 Å². The molecule has 0 atom stereocenters. The highest BCUT2D eigenvalue weighted by atomic mass is 32.1. The fourth-order valence-electron chi connectivity index (χ4n) is 2.08. The van der Waals surface area contributed by atoms with E-state index < -0.39 is 0 Å². The smallest absolute Gasteiger partial charge is 0.199 e. The zero-order chi connectivity index (χ0) is 12.2. The predicted molar refractivity (Wildman–Crippen MR) is 72.0 cm³/mol. The Balaban J connectivity index is 2.85. The van der Waals surface area contributed by atoms with Crippen molar-refractivity contribution in [1.29, 1.82) is 0 Å². The molecule has 1 aromatic heterocycles. The van der Waals surface area contributed by atoms with Crippen LogP contribution in [0.5, 0.6) is 11.8 Å². The molecule has 0 fully saturated rings. The summed E-state index contributed by atoms with van der Waals surface area (Å²) in [6.07, 6.45) is 0. The first-order chi connectivity index (χ1) is 8.09. The lowest BCUT2D eigenvalue weighted by Gasteiger charge is -2.09. The van der Waals surface area contributed by atoms with Gasteiger partial charge in [-0.1, -0.05) is 24.4 Å². The molecule has 0 amide bonds. The highest BCUT2D eigenvalue weighted by Gasteiger charge is 2.12. The second kappa shape index (κ2) is 3.38. The predicted octanol–water partition coefficient (Wildman–Crippen LogP) is 3.63. The van der Waals surface area contributed by atoms with Crippen LogP contribution in [0.25, 0.3) is 21.5 Å². The van der Waals surface area contributed by atoms with Gasteiger partial charge in [-0.25, -0.2) is 0 Å². The van der Waals surface area contributed by atoms with Crippen LogP contribution in [0.3, 0.4) is 0 Å². The molecular formula is C12H7NO2S2. The van der Waals surface area contributed by atoms with Gasteiger partial charge in [0.05, 0.1) is 0 Å². The van der Waals surface area contributed by atoms with Crippen LogP contribution < -0.4 is 0 Å². The maximum Gasteiger partial charge on any atom is 0.199 e. The summed E-state index contributed by atoms with van der Waals surface area (Å²) < 4.78 is 1.25. The van der Waals surface area contributed by atoms with Crippen molar-refractivity contribution in [3.63, 3.8) is 0 Å². The van der Waals surface area contributed by atoms with E-state index >= 15 is 0 Å². The largest absolute Gasteiger partial charge is 0.494 e. The first-order valence-corrected chi connectivity index (χ1v) is 5.74. The molecule has 17 heavy (non-hydrogen) atoms. The quantitative estimate of drug-likeness (QED) is 0.541. The maximum absolute atomic E-state index is 9.78. The molecule has 3 rings (SSSR count). The molecule has 0 saturated heterocycles. The van der Waals surface area contributed by atoms with Gasteiger partial charge in [0.2, 0.25) is 0 Å². The van der Waals surface area contributed by atoms with Gasteiger partial charge < -0.3 is 10.2 Å². The zero-order valence-electron chi connectivity index (χ0n) is 8.52. The summed E-state index contributed by atoms with van der Waals surface area (Å²) >= 11 is 10.5. The van der Waals surface area contributed by atoms with Crippen molar-refractivity contribution in [1.82, 2.24) is 4.98 Å². The number of benzene rings is 2. The summed E-state index contributed by atoms with van der Waals surface area (Å²) in [5, 5.41) is 22.2. The number of hydrogen-bond donors (Lipinski definition) is 3. The summed E-state index contributed by atoms with van der Waals surface area (Å²) in [5.41, 5.74) is 0. The third-order valence-corrected chi connectivity index (χ3v) is 3.51. The van der Waals surface area contributed by atoms with Gasteiger partial charge in [-0.15, -0.1) is 0 Å². The molecule has 2 aromatic carbocycles. The van der Waals surface area contributed by atoms with Gasteiger partial charge in [0, 0.05) is 30.6 Å². The van der Waals surface area contributed by atoms with Gasteiger partial charge in [-0.2, -0.15) is 0 Å². The van der Waals surface area contributed by atoms with Gasteiger partial charge in [-0.3, -0.25) is 4.98 Å². The highest BCUT2D eigenvalue weighted by molar-refractivity contribution is 7.72. The second-order valence-corrected chi connectivity index (χ2v) is 4.67. The fraction of sp³-hybridized carbons (Fsp3) is 0. The van der Waals surface area contributed by atoms with Crippen LogP contribution in [-0.4, -0.2) is 15.2 Å². The summed E-state index contributed by atoms with van der Waals surface area (Å²) in [5.74, 6) is -0.175. The topological polar surface area (TPSA) is 56.2 Å². The second-order valence-electron chi connectivity index (χ2n) is 3.79. The van der Waals surface area contributed by atoms with Crippen LogP contribution in [0.2, 0.25) is 0 Å². The number of rotatable bonds is 0. The van der Waals surface area contributed by atoms with E-state index in [1.807, 2.05) is 0 Å². The molecule has 84 valence electrons.